The number of hydrogen-bond donors (Lipinski definition) is 1. The minimum absolute atomic E-state index is 0.305. The smallest absolute Gasteiger partial charge is 0.137 e. The average molecular weight is 298 g/mol. The molecule has 3 nitrogen and oxygen atoms in total. The number of aromatic nitrogens is 2. The molecule has 1 aromatic carbocycles. The van der Waals surface area contributed by atoms with Crippen molar-refractivity contribution >= 4 is 15.9 Å². The van der Waals surface area contributed by atoms with Crippen LogP contribution in [0.2, 0.25) is 0 Å². The fraction of sp³-hybridized carbons (Fsp3) is 0.250. The van der Waals surface area contributed by atoms with E-state index in [0.717, 1.165) is 17.7 Å². The summed E-state index contributed by atoms with van der Waals surface area (Å²) in [6, 6.07) is 4.48. The molecule has 0 saturated heterocycles. The van der Waals surface area contributed by atoms with Crippen LogP contribution in [0.15, 0.2) is 35.1 Å². The van der Waals surface area contributed by atoms with Gasteiger partial charge in [0.05, 0.1) is 16.7 Å². The van der Waals surface area contributed by atoms with Crippen molar-refractivity contribution in [2.75, 3.05) is 0 Å². The van der Waals surface area contributed by atoms with E-state index in [1.807, 2.05) is 13.1 Å². The minimum Gasteiger partial charge on any atom is -0.320 e. The van der Waals surface area contributed by atoms with E-state index in [0.29, 0.717) is 4.47 Å². The SMILES string of the molecule is CCn1cc(C(N)c2cccc(F)c2Br)cn1. The molecule has 0 saturated carbocycles. The number of benzene rings is 1. The third-order valence-electron chi connectivity index (χ3n) is 2.65. The molecular weight excluding hydrogens is 285 g/mol. The normalized spacial score (nSPS) is 12.7. The first kappa shape index (κ1) is 12.3. The first-order chi connectivity index (χ1) is 8.13. The van der Waals surface area contributed by atoms with Crippen LogP contribution in [0.1, 0.15) is 24.1 Å². The lowest BCUT2D eigenvalue weighted by atomic mass is 10.0. The molecule has 1 aromatic heterocycles. The maximum Gasteiger partial charge on any atom is 0.137 e. The van der Waals surface area contributed by atoms with Crippen LogP contribution in [0, 0.1) is 5.82 Å². The third-order valence-corrected chi connectivity index (χ3v) is 3.49. The number of nitrogens with zero attached hydrogens (tertiary/aromatic N) is 2. The van der Waals surface area contributed by atoms with Gasteiger partial charge < -0.3 is 5.73 Å². The molecule has 1 atom stereocenters. The molecule has 5 heteroatoms. The summed E-state index contributed by atoms with van der Waals surface area (Å²) in [4.78, 5) is 0. The molecule has 1 heterocycles. The van der Waals surface area contributed by atoms with Crippen molar-refractivity contribution in [3.63, 3.8) is 0 Å². The molecule has 17 heavy (non-hydrogen) atoms. The number of hydrogen-bond acceptors (Lipinski definition) is 2. The standard InChI is InChI=1S/C12H13BrFN3/c1-2-17-7-8(6-16-17)12(15)9-4-3-5-10(14)11(9)13/h3-7,12H,2,15H2,1H3. The average Bonchev–Trinajstić information content (AvgIpc) is 2.80. The highest BCUT2D eigenvalue weighted by Gasteiger charge is 2.15. The highest BCUT2D eigenvalue weighted by Crippen LogP contribution is 2.28. The number of nitrogens with two attached hydrogens (primary N) is 1. The monoisotopic (exact) mass is 297 g/mol. The second-order valence-corrected chi connectivity index (χ2v) is 4.54. The number of halogens is 2. The van der Waals surface area contributed by atoms with Gasteiger partial charge in [-0.05, 0) is 34.5 Å². The van der Waals surface area contributed by atoms with E-state index in [4.69, 9.17) is 5.73 Å². The van der Waals surface area contributed by atoms with Crippen molar-refractivity contribution in [3.05, 3.63) is 52.0 Å². The van der Waals surface area contributed by atoms with E-state index < -0.39 is 0 Å². The van der Waals surface area contributed by atoms with Crippen molar-refractivity contribution in [3.8, 4) is 0 Å². The molecule has 2 N–H and O–H groups in total. The molecule has 0 aliphatic carbocycles. The second kappa shape index (κ2) is 4.98. The molecule has 0 aliphatic heterocycles. The highest BCUT2D eigenvalue weighted by atomic mass is 79.9. The predicted molar refractivity (Wildman–Crippen MR) is 68.0 cm³/mol. The Bertz CT molecular complexity index is 524. The van der Waals surface area contributed by atoms with Crippen LogP contribution >= 0.6 is 15.9 Å². The van der Waals surface area contributed by atoms with Crippen LogP contribution in [0.4, 0.5) is 4.39 Å². The van der Waals surface area contributed by atoms with Gasteiger partial charge in [-0.25, -0.2) is 4.39 Å². The van der Waals surface area contributed by atoms with Crippen LogP contribution in [-0.2, 0) is 6.54 Å². The van der Waals surface area contributed by atoms with E-state index >= 15 is 0 Å². The molecule has 0 amide bonds. The topological polar surface area (TPSA) is 43.8 Å². The molecular formula is C12H13BrFN3. The fourth-order valence-electron chi connectivity index (χ4n) is 1.65. The van der Waals surface area contributed by atoms with Gasteiger partial charge in [0.25, 0.3) is 0 Å². The molecule has 2 rings (SSSR count). The van der Waals surface area contributed by atoms with Crippen molar-refractivity contribution in [2.45, 2.75) is 19.5 Å². The largest absolute Gasteiger partial charge is 0.320 e. The molecule has 0 radical (unpaired) electrons. The van der Waals surface area contributed by atoms with E-state index in [1.165, 1.54) is 6.07 Å². The molecule has 90 valence electrons. The van der Waals surface area contributed by atoms with E-state index in [9.17, 15) is 4.39 Å². The summed E-state index contributed by atoms with van der Waals surface area (Å²) in [6.07, 6.45) is 3.59. The Kier molecular flexibility index (Phi) is 3.59. The zero-order valence-corrected chi connectivity index (χ0v) is 11.0. The Morgan fingerprint density at radius 1 is 1.53 bits per heavy atom. The number of rotatable bonds is 3. The lowest BCUT2D eigenvalue weighted by Crippen LogP contribution is -2.12. The van der Waals surface area contributed by atoms with Gasteiger partial charge in [0.1, 0.15) is 5.82 Å². The molecule has 0 bridgehead atoms. The summed E-state index contributed by atoms with van der Waals surface area (Å²) in [5.41, 5.74) is 7.70. The van der Waals surface area contributed by atoms with Gasteiger partial charge in [-0.1, -0.05) is 12.1 Å². The maximum absolute atomic E-state index is 13.4. The Hall–Kier alpha value is -1.20. The summed E-state index contributed by atoms with van der Waals surface area (Å²) < 4.78 is 15.6. The van der Waals surface area contributed by atoms with Gasteiger partial charge in [-0.15, -0.1) is 0 Å². The first-order valence-electron chi connectivity index (χ1n) is 5.35. The van der Waals surface area contributed by atoms with Gasteiger partial charge in [0.15, 0.2) is 0 Å². The van der Waals surface area contributed by atoms with Crippen molar-refractivity contribution in [2.24, 2.45) is 5.73 Å². The van der Waals surface area contributed by atoms with Crippen LogP contribution < -0.4 is 5.73 Å². The first-order valence-corrected chi connectivity index (χ1v) is 6.14. The summed E-state index contributed by atoms with van der Waals surface area (Å²) in [7, 11) is 0. The Labute approximate surface area is 108 Å². The van der Waals surface area contributed by atoms with Crippen LogP contribution in [0.25, 0.3) is 0 Å². The molecule has 0 fully saturated rings. The second-order valence-electron chi connectivity index (χ2n) is 3.75. The van der Waals surface area contributed by atoms with Gasteiger partial charge >= 0.3 is 0 Å². The van der Waals surface area contributed by atoms with Crippen LogP contribution in [0.5, 0.6) is 0 Å². The van der Waals surface area contributed by atoms with Gasteiger partial charge in [-0.3, -0.25) is 4.68 Å². The molecule has 1 unspecified atom stereocenters. The lowest BCUT2D eigenvalue weighted by molar-refractivity contribution is 0.616. The van der Waals surface area contributed by atoms with Gasteiger partial charge in [-0.2, -0.15) is 5.10 Å². The Balaban J connectivity index is 2.36. The van der Waals surface area contributed by atoms with E-state index in [2.05, 4.69) is 21.0 Å². The van der Waals surface area contributed by atoms with E-state index in [-0.39, 0.29) is 11.9 Å². The highest BCUT2D eigenvalue weighted by molar-refractivity contribution is 9.10. The van der Waals surface area contributed by atoms with Crippen molar-refractivity contribution in [1.29, 1.82) is 0 Å². The third kappa shape index (κ3) is 2.40. The quantitative estimate of drug-likeness (QED) is 0.947. The maximum atomic E-state index is 13.4. The Morgan fingerprint density at radius 2 is 2.29 bits per heavy atom. The summed E-state index contributed by atoms with van der Waals surface area (Å²) in [5.74, 6) is -0.305. The fourth-order valence-corrected chi connectivity index (χ4v) is 2.16. The summed E-state index contributed by atoms with van der Waals surface area (Å²) >= 11 is 3.22. The van der Waals surface area contributed by atoms with Crippen LogP contribution in [0.3, 0.4) is 0 Å². The molecule has 0 aliphatic rings. The predicted octanol–water partition coefficient (Wildman–Crippen LogP) is 2.85. The Morgan fingerprint density at radius 3 is 2.94 bits per heavy atom. The van der Waals surface area contributed by atoms with Gasteiger partial charge in [0.2, 0.25) is 0 Å². The zero-order chi connectivity index (χ0) is 12.4. The van der Waals surface area contributed by atoms with Gasteiger partial charge in [0, 0.05) is 18.3 Å². The summed E-state index contributed by atoms with van der Waals surface area (Å²) in [6.45, 7) is 2.79. The van der Waals surface area contributed by atoms with Crippen molar-refractivity contribution < 1.29 is 4.39 Å². The summed E-state index contributed by atoms with van der Waals surface area (Å²) in [5, 5.41) is 4.16. The van der Waals surface area contributed by atoms with Crippen molar-refractivity contribution in [1.82, 2.24) is 9.78 Å². The minimum atomic E-state index is -0.375. The lowest BCUT2D eigenvalue weighted by Gasteiger charge is -2.12. The zero-order valence-electron chi connectivity index (χ0n) is 9.40. The number of aryl methyl sites for hydroxylation is 1. The van der Waals surface area contributed by atoms with Crippen LogP contribution in [-0.4, -0.2) is 9.78 Å². The van der Waals surface area contributed by atoms with E-state index in [1.54, 1.807) is 23.0 Å². The molecule has 0 spiro atoms. The molecule has 2 aromatic rings.